The number of rotatable bonds is 9. The van der Waals surface area contributed by atoms with Crippen LogP contribution in [0.4, 0.5) is 0 Å². The van der Waals surface area contributed by atoms with E-state index in [2.05, 4.69) is 66.7 Å². The number of aryl methyl sites for hydroxylation is 2. The summed E-state index contributed by atoms with van der Waals surface area (Å²) in [5, 5.41) is 13.8. The molecular formula is C31H33N7O2. The van der Waals surface area contributed by atoms with E-state index in [-0.39, 0.29) is 11.6 Å². The number of benzene rings is 3. The molecule has 0 radical (unpaired) electrons. The molecule has 0 aliphatic carbocycles. The van der Waals surface area contributed by atoms with Gasteiger partial charge in [0.2, 0.25) is 0 Å². The maximum absolute atomic E-state index is 13.6. The maximum atomic E-state index is 13.6. The van der Waals surface area contributed by atoms with E-state index in [0.717, 1.165) is 55.8 Å². The van der Waals surface area contributed by atoms with Crippen LogP contribution in [0.15, 0.2) is 89.7 Å². The normalized spacial score (nSPS) is 15.3. The minimum atomic E-state index is -0.385. The molecule has 204 valence electrons. The van der Waals surface area contributed by atoms with Crippen LogP contribution in [0.3, 0.4) is 0 Å². The topological polar surface area (TPSA) is 92.2 Å². The number of tetrazole rings is 1. The fourth-order valence-electron chi connectivity index (χ4n) is 5.50. The minimum Gasteiger partial charge on any atom is -0.497 e. The number of piperazine rings is 1. The number of hydrogen-bond acceptors (Lipinski definition) is 7. The van der Waals surface area contributed by atoms with Crippen molar-refractivity contribution < 1.29 is 4.74 Å². The molecule has 40 heavy (non-hydrogen) atoms. The number of methoxy groups -OCH3 is 1. The zero-order valence-electron chi connectivity index (χ0n) is 22.6. The van der Waals surface area contributed by atoms with Crippen molar-refractivity contribution in [2.24, 2.45) is 0 Å². The van der Waals surface area contributed by atoms with Gasteiger partial charge in [-0.3, -0.25) is 14.6 Å². The molecule has 1 aliphatic heterocycles. The molecule has 0 bridgehead atoms. The Kier molecular flexibility index (Phi) is 7.65. The van der Waals surface area contributed by atoms with Gasteiger partial charge >= 0.3 is 0 Å². The molecule has 1 atom stereocenters. The summed E-state index contributed by atoms with van der Waals surface area (Å²) >= 11 is 0. The van der Waals surface area contributed by atoms with Crippen LogP contribution >= 0.6 is 0 Å². The zero-order valence-corrected chi connectivity index (χ0v) is 22.6. The SMILES string of the molecule is COc1ccc2[nH]c(=O)c([C@H](c3nnnn3CCc3ccccc3)N3CCN(Cc4ccccc4)CC3)cc2c1. The third-order valence-electron chi connectivity index (χ3n) is 7.66. The summed E-state index contributed by atoms with van der Waals surface area (Å²) in [4.78, 5) is 21.4. The van der Waals surface area contributed by atoms with Gasteiger partial charge in [-0.05, 0) is 52.2 Å². The van der Waals surface area contributed by atoms with Crippen LogP contribution in [0.5, 0.6) is 5.75 Å². The van der Waals surface area contributed by atoms with Crippen molar-refractivity contribution >= 4 is 10.9 Å². The Labute approximate surface area is 233 Å². The number of nitrogens with one attached hydrogen (secondary N) is 1. The Morgan fingerprint density at radius 3 is 2.35 bits per heavy atom. The first-order chi connectivity index (χ1) is 19.7. The van der Waals surface area contributed by atoms with Crippen LogP contribution in [0.25, 0.3) is 10.9 Å². The van der Waals surface area contributed by atoms with Crippen molar-refractivity contribution in [1.82, 2.24) is 35.0 Å². The molecule has 0 saturated carbocycles. The molecule has 1 aliphatic rings. The largest absolute Gasteiger partial charge is 0.497 e. The van der Waals surface area contributed by atoms with E-state index < -0.39 is 0 Å². The van der Waals surface area contributed by atoms with Crippen molar-refractivity contribution in [3.8, 4) is 5.75 Å². The lowest BCUT2D eigenvalue weighted by molar-refractivity contribution is 0.0996. The molecule has 6 rings (SSSR count). The summed E-state index contributed by atoms with van der Waals surface area (Å²) < 4.78 is 7.30. The first-order valence-electron chi connectivity index (χ1n) is 13.7. The quantitative estimate of drug-likeness (QED) is 0.308. The molecule has 1 fully saturated rings. The molecular weight excluding hydrogens is 502 g/mol. The summed E-state index contributed by atoms with van der Waals surface area (Å²) in [7, 11) is 1.65. The first-order valence-corrected chi connectivity index (χ1v) is 13.7. The highest BCUT2D eigenvalue weighted by Crippen LogP contribution is 2.29. The number of aromatic amines is 1. The second-order valence-electron chi connectivity index (χ2n) is 10.2. The summed E-state index contributed by atoms with van der Waals surface area (Å²) in [6.45, 7) is 4.88. The predicted molar refractivity (Wildman–Crippen MR) is 154 cm³/mol. The van der Waals surface area contributed by atoms with Gasteiger partial charge in [-0.2, -0.15) is 0 Å². The van der Waals surface area contributed by atoms with E-state index in [0.29, 0.717) is 17.9 Å². The number of ether oxygens (including phenoxy) is 1. The third kappa shape index (κ3) is 5.66. The Bertz CT molecular complexity index is 1610. The van der Waals surface area contributed by atoms with E-state index in [1.807, 2.05) is 53.2 Å². The fraction of sp³-hybridized carbons (Fsp3) is 0.290. The molecule has 0 spiro atoms. The molecule has 2 aromatic heterocycles. The van der Waals surface area contributed by atoms with Crippen molar-refractivity contribution in [3.63, 3.8) is 0 Å². The number of fused-ring (bicyclic) bond motifs is 1. The molecule has 1 saturated heterocycles. The van der Waals surface area contributed by atoms with Gasteiger partial charge < -0.3 is 9.72 Å². The number of H-pyrrole nitrogens is 1. The number of nitrogens with zero attached hydrogens (tertiary/aromatic N) is 6. The first kappa shape index (κ1) is 25.9. The third-order valence-corrected chi connectivity index (χ3v) is 7.66. The Morgan fingerprint density at radius 2 is 1.62 bits per heavy atom. The van der Waals surface area contributed by atoms with Gasteiger partial charge in [0.25, 0.3) is 5.56 Å². The smallest absolute Gasteiger partial charge is 0.253 e. The molecule has 0 amide bonds. The number of pyridine rings is 1. The molecule has 1 N–H and O–H groups in total. The van der Waals surface area contributed by atoms with E-state index >= 15 is 0 Å². The monoisotopic (exact) mass is 535 g/mol. The van der Waals surface area contributed by atoms with E-state index in [1.165, 1.54) is 11.1 Å². The highest BCUT2D eigenvalue weighted by Gasteiger charge is 2.32. The van der Waals surface area contributed by atoms with Crippen molar-refractivity contribution in [2.75, 3.05) is 33.3 Å². The number of aromatic nitrogens is 5. The van der Waals surface area contributed by atoms with Gasteiger partial charge in [0, 0.05) is 55.7 Å². The molecule has 9 heteroatoms. The summed E-state index contributed by atoms with van der Waals surface area (Å²) in [6, 6.07) is 28.1. The average molecular weight is 536 g/mol. The van der Waals surface area contributed by atoms with E-state index in [1.54, 1.807) is 7.11 Å². The van der Waals surface area contributed by atoms with Gasteiger partial charge in [0.15, 0.2) is 5.82 Å². The van der Waals surface area contributed by atoms with E-state index in [9.17, 15) is 4.79 Å². The lowest BCUT2D eigenvalue weighted by Gasteiger charge is -2.38. The van der Waals surface area contributed by atoms with Gasteiger partial charge in [0.1, 0.15) is 11.8 Å². The van der Waals surface area contributed by atoms with Gasteiger partial charge in [0.05, 0.1) is 7.11 Å². The van der Waals surface area contributed by atoms with E-state index in [4.69, 9.17) is 4.74 Å². The maximum Gasteiger partial charge on any atom is 0.253 e. The molecule has 5 aromatic rings. The average Bonchev–Trinajstić information content (AvgIpc) is 3.46. The lowest BCUT2D eigenvalue weighted by atomic mass is 10.0. The lowest BCUT2D eigenvalue weighted by Crippen LogP contribution is -2.48. The van der Waals surface area contributed by atoms with Gasteiger partial charge in [-0.15, -0.1) is 5.10 Å². The Balaban J connectivity index is 1.32. The predicted octanol–water partition coefficient (Wildman–Crippen LogP) is 3.67. The second-order valence-corrected chi connectivity index (χ2v) is 10.2. The molecule has 3 heterocycles. The van der Waals surface area contributed by atoms with Crippen LogP contribution < -0.4 is 10.3 Å². The summed E-state index contributed by atoms with van der Waals surface area (Å²) in [5.41, 5.74) is 3.78. The van der Waals surface area contributed by atoms with Gasteiger partial charge in [-0.25, -0.2) is 4.68 Å². The van der Waals surface area contributed by atoms with Crippen molar-refractivity contribution in [1.29, 1.82) is 0 Å². The van der Waals surface area contributed by atoms with Crippen LogP contribution in [-0.2, 0) is 19.5 Å². The minimum absolute atomic E-state index is 0.132. The van der Waals surface area contributed by atoms with Crippen molar-refractivity contribution in [2.45, 2.75) is 25.6 Å². The Morgan fingerprint density at radius 1 is 0.900 bits per heavy atom. The van der Waals surface area contributed by atoms with Crippen molar-refractivity contribution in [3.05, 3.63) is 118 Å². The zero-order chi connectivity index (χ0) is 27.3. The fourth-order valence-corrected chi connectivity index (χ4v) is 5.50. The summed E-state index contributed by atoms with van der Waals surface area (Å²) in [5.74, 6) is 1.42. The molecule has 0 unspecified atom stereocenters. The highest BCUT2D eigenvalue weighted by atomic mass is 16.5. The van der Waals surface area contributed by atoms with Crippen LogP contribution in [0, 0.1) is 0 Å². The van der Waals surface area contributed by atoms with Crippen LogP contribution in [-0.4, -0.2) is 68.3 Å². The van der Waals surface area contributed by atoms with Gasteiger partial charge in [-0.1, -0.05) is 60.7 Å². The summed E-state index contributed by atoms with van der Waals surface area (Å²) in [6.07, 6.45) is 0.793. The molecule has 9 nitrogen and oxygen atoms in total. The van der Waals surface area contributed by atoms with Crippen LogP contribution in [0.1, 0.15) is 28.6 Å². The number of hydrogen-bond donors (Lipinski definition) is 1. The standard InChI is InChI=1S/C31H33N7O2/c1-40-26-12-13-28-25(20-26)21-27(31(39)32-28)29(30-33-34-35-38(30)15-14-23-8-4-2-5-9-23)37-18-16-36(17-19-37)22-24-10-6-3-7-11-24/h2-13,20-21,29H,14-19,22H2,1H3,(H,32,39)/t29-/m1/s1. The van der Waals surface area contributed by atoms with Crippen LogP contribution in [0.2, 0.25) is 0 Å². The Hall–Kier alpha value is -4.34. The molecule has 3 aromatic carbocycles. The second kappa shape index (κ2) is 11.8. The highest BCUT2D eigenvalue weighted by molar-refractivity contribution is 5.80.